The molecule has 1 heterocycles. The zero-order chi connectivity index (χ0) is 19.4. The van der Waals surface area contributed by atoms with Crippen molar-refractivity contribution in [3.8, 4) is 0 Å². The fraction of sp³-hybridized carbons (Fsp3) is 0.350. The van der Waals surface area contributed by atoms with Gasteiger partial charge >= 0.3 is 6.03 Å². The summed E-state index contributed by atoms with van der Waals surface area (Å²) in [6, 6.07) is 13.8. The van der Waals surface area contributed by atoms with Crippen molar-refractivity contribution in [2.24, 2.45) is 0 Å². The highest BCUT2D eigenvalue weighted by Gasteiger charge is 2.28. The van der Waals surface area contributed by atoms with Crippen LogP contribution in [0.4, 0.5) is 16.2 Å². The Bertz CT molecular complexity index is 906. The summed E-state index contributed by atoms with van der Waals surface area (Å²) in [6.07, 6.45) is 1.69. The number of aryl methyl sites for hydroxylation is 1. The highest BCUT2D eigenvalue weighted by molar-refractivity contribution is 7.92. The Kier molecular flexibility index (Phi) is 5.70. The number of nitrogens with one attached hydrogen (secondary N) is 1. The van der Waals surface area contributed by atoms with Crippen molar-refractivity contribution in [3.63, 3.8) is 0 Å². The van der Waals surface area contributed by atoms with Crippen LogP contribution in [-0.2, 0) is 16.4 Å². The predicted octanol–water partition coefficient (Wildman–Crippen LogP) is 3.70. The second-order valence-electron chi connectivity index (χ2n) is 6.44. The molecule has 0 bridgehead atoms. The van der Waals surface area contributed by atoms with Crippen LogP contribution in [-0.4, -0.2) is 39.0 Å². The number of nitrogens with zero attached hydrogens (tertiary/aromatic N) is 2. The molecule has 0 saturated heterocycles. The summed E-state index contributed by atoms with van der Waals surface area (Å²) >= 11 is 0. The van der Waals surface area contributed by atoms with Crippen molar-refractivity contribution in [1.29, 1.82) is 0 Å². The van der Waals surface area contributed by atoms with Gasteiger partial charge in [0.1, 0.15) is 0 Å². The Labute approximate surface area is 160 Å². The molecule has 1 aliphatic heterocycles. The lowest BCUT2D eigenvalue weighted by Gasteiger charge is -2.30. The molecule has 1 aliphatic rings. The summed E-state index contributed by atoms with van der Waals surface area (Å²) in [5.41, 5.74) is 2.38. The largest absolute Gasteiger partial charge is 0.325 e. The zero-order valence-electron chi connectivity index (χ0n) is 15.7. The van der Waals surface area contributed by atoms with Crippen molar-refractivity contribution in [2.45, 2.75) is 31.6 Å². The van der Waals surface area contributed by atoms with Gasteiger partial charge in [-0.2, -0.15) is 0 Å². The number of benzene rings is 2. The van der Waals surface area contributed by atoms with Gasteiger partial charge in [-0.05, 0) is 62.6 Å². The van der Waals surface area contributed by atoms with Gasteiger partial charge in [-0.3, -0.25) is 4.31 Å². The first-order chi connectivity index (χ1) is 13.0. The quantitative estimate of drug-likeness (QED) is 0.850. The topological polar surface area (TPSA) is 69.7 Å². The molecule has 6 nitrogen and oxygen atoms in total. The third-order valence-corrected chi connectivity index (χ3v) is 6.64. The number of para-hydroxylation sites is 1. The van der Waals surface area contributed by atoms with Crippen LogP contribution in [0.5, 0.6) is 0 Å². The van der Waals surface area contributed by atoms with Crippen molar-refractivity contribution >= 4 is 27.4 Å². The number of rotatable bonds is 5. The van der Waals surface area contributed by atoms with E-state index < -0.39 is 10.0 Å². The third-order valence-electron chi connectivity index (χ3n) is 4.81. The Hall–Kier alpha value is -2.54. The Morgan fingerprint density at radius 1 is 1.07 bits per heavy atom. The summed E-state index contributed by atoms with van der Waals surface area (Å²) < 4.78 is 27.7. The van der Waals surface area contributed by atoms with E-state index in [0.717, 1.165) is 24.1 Å². The normalized spacial score (nSPS) is 13.8. The lowest BCUT2D eigenvalue weighted by Crippen LogP contribution is -2.35. The maximum absolute atomic E-state index is 13.1. The summed E-state index contributed by atoms with van der Waals surface area (Å²) in [7, 11) is -3.64. The lowest BCUT2D eigenvalue weighted by molar-refractivity contribution is 0.217. The maximum atomic E-state index is 13.1. The molecule has 2 aromatic rings. The molecule has 0 fully saturated rings. The number of amides is 2. The van der Waals surface area contributed by atoms with Crippen LogP contribution in [0.3, 0.4) is 0 Å². The summed E-state index contributed by atoms with van der Waals surface area (Å²) in [5.74, 6) is 0. The van der Waals surface area contributed by atoms with Gasteiger partial charge in [0.15, 0.2) is 0 Å². The van der Waals surface area contributed by atoms with Crippen LogP contribution in [0.1, 0.15) is 25.8 Å². The van der Waals surface area contributed by atoms with Gasteiger partial charge in [0, 0.05) is 25.3 Å². The molecule has 0 aliphatic carbocycles. The molecule has 7 heteroatoms. The van der Waals surface area contributed by atoms with Gasteiger partial charge in [-0.1, -0.05) is 18.2 Å². The predicted molar refractivity (Wildman–Crippen MR) is 108 cm³/mol. The van der Waals surface area contributed by atoms with Crippen LogP contribution in [0.2, 0.25) is 0 Å². The molecule has 2 aromatic carbocycles. The number of urea groups is 1. The van der Waals surface area contributed by atoms with E-state index in [9.17, 15) is 13.2 Å². The molecule has 0 radical (unpaired) electrons. The van der Waals surface area contributed by atoms with Crippen molar-refractivity contribution < 1.29 is 13.2 Å². The van der Waals surface area contributed by atoms with Crippen LogP contribution >= 0.6 is 0 Å². The van der Waals surface area contributed by atoms with Crippen LogP contribution in [0, 0.1) is 0 Å². The number of carbonyl (C=O) groups is 1. The number of hydrogen-bond donors (Lipinski definition) is 1. The fourth-order valence-corrected chi connectivity index (χ4v) is 4.84. The summed E-state index contributed by atoms with van der Waals surface area (Å²) in [5, 5.41) is 2.80. The highest BCUT2D eigenvalue weighted by atomic mass is 32.2. The van der Waals surface area contributed by atoms with E-state index in [1.807, 2.05) is 38.1 Å². The first-order valence-electron chi connectivity index (χ1n) is 9.24. The van der Waals surface area contributed by atoms with E-state index >= 15 is 0 Å². The van der Waals surface area contributed by atoms with Gasteiger partial charge in [0.25, 0.3) is 10.0 Å². The van der Waals surface area contributed by atoms with E-state index in [2.05, 4.69) is 5.32 Å². The molecular weight excluding hydrogens is 362 g/mol. The Balaban J connectivity index is 1.82. The molecule has 144 valence electrons. The van der Waals surface area contributed by atoms with Crippen LogP contribution in [0.25, 0.3) is 0 Å². The molecule has 1 N–H and O–H groups in total. The van der Waals surface area contributed by atoms with E-state index in [1.165, 1.54) is 4.31 Å². The van der Waals surface area contributed by atoms with Gasteiger partial charge in [0.05, 0.1) is 10.6 Å². The summed E-state index contributed by atoms with van der Waals surface area (Å²) in [4.78, 5) is 14.0. The molecule has 2 amide bonds. The minimum absolute atomic E-state index is 0.194. The van der Waals surface area contributed by atoms with Crippen molar-refractivity contribution in [1.82, 2.24) is 4.90 Å². The van der Waals surface area contributed by atoms with E-state index in [4.69, 9.17) is 0 Å². The van der Waals surface area contributed by atoms with Crippen molar-refractivity contribution in [3.05, 3.63) is 54.1 Å². The molecule has 3 rings (SSSR count). The van der Waals surface area contributed by atoms with Crippen molar-refractivity contribution in [2.75, 3.05) is 29.3 Å². The van der Waals surface area contributed by atoms with E-state index in [0.29, 0.717) is 25.3 Å². The van der Waals surface area contributed by atoms with Gasteiger partial charge in [-0.15, -0.1) is 0 Å². The Morgan fingerprint density at radius 2 is 1.74 bits per heavy atom. The smallest absolute Gasteiger partial charge is 0.321 e. The van der Waals surface area contributed by atoms with Crippen LogP contribution in [0.15, 0.2) is 53.4 Å². The van der Waals surface area contributed by atoms with Crippen LogP contribution < -0.4 is 9.62 Å². The number of fused-ring (bicyclic) bond motifs is 1. The standard InChI is InChI=1S/C20H25N3O3S/c1-3-22(4-2)20(24)21-17-11-13-18(14-12-17)27(25,26)23-15-7-9-16-8-5-6-10-19(16)23/h5-6,8,10-14H,3-4,7,9,15H2,1-2H3,(H,21,24). The Morgan fingerprint density at radius 3 is 2.41 bits per heavy atom. The van der Waals surface area contributed by atoms with Gasteiger partial charge < -0.3 is 10.2 Å². The lowest BCUT2D eigenvalue weighted by atomic mass is 10.0. The first-order valence-corrected chi connectivity index (χ1v) is 10.7. The van der Waals surface area contributed by atoms with E-state index in [-0.39, 0.29) is 10.9 Å². The maximum Gasteiger partial charge on any atom is 0.321 e. The fourth-order valence-electron chi connectivity index (χ4n) is 3.30. The molecule has 0 aromatic heterocycles. The average Bonchev–Trinajstić information content (AvgIpc) is 2.69. The third kappa shape index (κ3) is 3.93. The van der Waals surface area contributed by atoms with Gasteiger partial charge in [-0.25, -0.2) is 13.2 Å². The first kappa shape index (κ1) is 19.2. The number of anilines is 2. The molecule has 0 saturated carbocycles. The number of carbonyl (C=O) groups excluding carboxylic acids is 1. The second kappa shape index (κ2) is 8.00. The highest BCUT2D eigenvalue weighted by Crippen LogP contribution is 2.32. The molecule has 0 atom stereocenters. The average molecular weight is 388 g/mol. The molecule has 0 unspecified atom stereocenters. The second-order valence-corrected chi connectivity index (χ2v) is 8.30. The number of sulfonamides is 1. The van der Waals surface area contributed by atoms with E-state index in [1.54, 1.807) is 29.2 Å². The number of hydrogen-bond acceptors (Lipinski definition) is 3. The minimum Gasteiger partial charge on any atom is -0.325 e. The SMILES string of the molecule is CCN(CC)C(=O)Nc1ccc(S(=O)(=O)N2CCCc3ccccc32)cc1. The monoisotopic (exact) mass is 387 g/mol. The molecule has 0 spiro atoms. The zero-order valence-corrected chi connectivity index (χ0v) is 16.5. The molecular formula is C20H25N3O3S. The summed E-state index contributed by atoms with van der Waals surface area (Å²) in [6.45, 7) is 5.52. The minimum atomic E-state index is -3.64. The molecule has 27 heavy (non-hydrogen) atoms. The van der Waals surface area contributed by atoms with Gasteiger partial charge in [0.2, 0.25) is 0 Å².